The van der Waals surface area contributed by atoms with E-state index in [4.69, 9.17) is 9.15 Å². The molecule has 1 atom stereocenters. The van der Waals surface area contributed by atoms with Gasteiger partial charge in [-0.15, -0.1) is 0 Å². The summed E-state index contributed by atoms with van der Waals surface area (Å²) in [6.07, 6.45) is 1.46. The van der Waals surface area contributed by atoms with Gasteiger partial charge in [-0.05, 0) is 12.1 Å². The van der Waals surface area contributed by atoms with Crippen molar-refractivity contribution in [1.82, 2.24) is 5.32 Å². The Bertz CT molecular complexity index is 638. The third-order valence-electron chi connectivity index (χ3n) is 2.99. The molecule has 6 nitrogen and oxygen atoms in total. The summed E-state index contributed by atoms with van der Waals surface area (Å²) in [5, 5.41) is 4.93. The smallest absolute Gasteiger partial charge is 0.319 e. The van der Waals surface area contributed by atoms with Gasteiger partial charge in [0.05, 0.1) is 20.0 Å². The number of benzene rings is 1. The number of hydrogen-bond donors (Lipinski definition) is 2. The maximum Gasteiger partial charge on any atom is 0.319 e. The summed E-state index contributed by atoms with van der Waals surface area (Å²) in [6, 6.07) is 4.07. The van der Waals surface area contributed by atoms with E-state index < -0.39 is 29.5 Å². The minimum atomic E-state index is -0.915. The second kappa shape index (κ2) is 7.59. The van der Waals surface area contributed by atoms with E-state index >= 15 is 0 Å². The first-order valence-corrected chi connectivity index (χ1v) is 6.68. The van der Waals surface area contributed by atoms with E-state index in [2.05, 4.69) is 15.4 Å². The summed E-state index contributed by atoms with van der Waals surface area (Å²) in [4.78, 5) is 12.0. The van der Waals surface area contributed by atoms with Crippen LogP contribution in [-0.4, -0.2) is 26.9 Å². The van der Waals surface area contributed by atoms with E-state index in [0.717, 1.165) is 19.2 Å². The monoisotopic (exact) mass is 326 g/mol. The average Bonchev–Trinajstić information content (AvgIpc) is 3.00. The van der Waals surface area contributed by atoms with E-state index in [-0.39, 0.29) is 12.3 Å². The van der Waals surface area contributed by atoms with Crippen molar-refractivity contribution in [3.05, 3.63) is 47.9 Å². The summed E-state index contributed by atoms with van der Waals surface area (Å²) in [7, 11) is 2.63. The molecule has 0 aliphatic carbocycles. The highest BCUT2D eigenvalue weighted by molar-refractivity contribution is 5.89. The van der Waals surface area contributed by atoms with Crippen molar-refractivity contribution in [2.45, 2.75) is 6.04 Å². The van der Waals surface area contributed by atoms with Crippen LogP contribution >= 0.6 is 0 Å². The number of amides is 2. The van der Waals surface area contributed by atoms with E-state index in [1.54, 1.807) is 12.1 Å². The Hall–Kier alpha value is -2.61. The normalized spacial score (nSPS) is 11.8. The number of ether oxygens (including phenoxy) is 2. The molecule has 1 heterocycles. The van der Waals surface area contributed by atoms with Crippen molar-refractivity contribution < 1.29 is 27.5 Å². The van der Waals surface area contributed by atoms with Gasteiger partial charge in [0.1, 0.15) is 11.8 Å². The molecular formula is C15H16F2N2O4. The minimum Gasteiger partial charge on any atom is -0.491 e. The summed E-state index contributed by atoms with van der Waals surface area (Å²) < 4.78 is 42.0. The number of carbonyl (C=O) groups is 1. The van der Waals surface area contributed by atoms with Gasteiger partial charge in [-0.2, -0.15) is 0 Å². The lowest BCUT2D eigenvalue weighted by molar-refractivity contribution is 0.159. The Balaban J connectivity index is 2.06. The molecule has 124 valence electrons. The zero-order valence-electron chi connectivity index (χ0n) is 12.6. The van der Waals surface area contributed by atoms with Gasteiger partial charge in [-0.3, -0.25) is 0 Å². The first kappa shape index (κ1) is 16.8. The first-order valence-electron chi connectivity index (χ1n) is 6.68. The predicted octanol–water partition coefficient (Wildman–Crippen LogP) is 3.08. The fourth-order valence-electron chi connectivity index (χ4n) is 2.00. The Morgan fingerprint density at radius 2 is 2.00 bits per heavy atom. The number of halogens is 2. The molecule has 2 rings (SSSR count). The summed E-state index contributed by atoms with van der Waals surface area (Å²) in [6.45, 7) is 0.173. The molecule has 0 fully saturated rings. The Morgan fingerprint density at radius 1 is 1.30 bits per heavy atom. The predicted molar refractivity (Wildman–Crippen MR) is 78.4 cm³/mol. The molecule has 23 heavy (non-hydrogen) atoms. The lowest BCUT2D eigenvalue weighted by atomic mass is 10.2. The first-order chi connectivity index (χ1) is 11.0. The van der Waals surface area contributed by atoms with Crippen molar-refractivity contribution in [2.75, 3.05) is 26.1 Å². The molecule has 2 amide bonds. The lowest BCUT2D eigenvalue weighted by Gasteiger charge is -2.16. The molecule has 0 bridgehead atoms. The molecule has 0 saturated carbocycles. The minimum absolute atomic E-state index is 0.0473. The van der Waals surface area contributed by atoms with Gasteiger partial charge < -0.3 is 24.5 Å². The molecule has 0 aliphatic heterocycles. The summed E-state index contributed by atoms with van der Waals surface area (Å²) in [5.41, 5.74) is -0.0473. The van der Waals surface area contributed by atoms with Gasteiger partial charge in [0.2, 0.25) is 0 Å². The Kier molecular flexibility index (Phi) is 5.53. The van der Waals surface area contributed by atoms with Crippen molar-refractivity contribution in [2.24, 2.45) is 0 Å². The van der Waals surface area contributed by atoms with Crippen molar-refractivity contribution in [3.8, 4) is 5.75 Å². The van der Waals surface area contributed by atoms with E-state index in [1.807, 2.05) is 0 Å². The molecule has 8 heteroatoms. The zero-order chi connectivity index (χ0) is 16.8. The van der Waals surface area contributed by atoms with E-state index in [1.165, 1.54) is 13.4 Å². The van der Waals surface area contributed by atoms with Gasteiger partial charge in [0, 0.05) is 24.9 Å². The van der Waals surface area contributed by atoms with Gasteiger partial charge >= 0.3 is 6.03 Å². The number of nitrogens with one attached hydrogen (secondary N) is 2. The number of urea groups is 1. The van der Waals surface area contributed by atoms with Crippen LogP contribution in [0, 0.1) is 11.6 Å². The van der Waals surface area contributed by atoms with Crippen LogP contribution in [0.1, 0.15) is 11.8 Å². The highest BCUT2D eigenvalue weighted by Crippen LogP contribution is 2.25. The molecule has 0 aliphatic rings. The van der Waals surface area contributed by atoms with Crippen LogP contribution in [0.4, 0.5) is 19.3 Å². The number of methoxy groups -OCH3 is 2. The average molecular weight is 326 g/mol. The van der Waals surface area contributed by atoms with Crippen LogP contribution in [0.25, 0.3) is 0 Å². The number of carbonyl (C=O) groups excluding carboxylic acids is 1. The highest BCUT2D eigenvalue weighted by Gasteiger charge is 2.18. The third-order valence-corrected chi connectivity index (χ3v) is 2.99. The standard InChI is InChI=1S/C15H16F2N2O4/c1-21-8-12(13-4-3-5-23-13)19-15(20)18-9-6-10(16)14(22-2)11(17)7-9/h3-7,12H,8H2,1-2H3,(H2,18,19,20). The fourth-order valence-corrected chi connectivity index (χ4v) is 2.00. The Labute approximate surface area is 131 Å². The highest BCUT2D eigenvalue weighted by atomic mass is 19.1. The molecule has 0 spiro atoms. The molecule has 0 radical (unpaired) electrons. The fraction of sp³-hybridized carbons (Fsp3) is 0.267. The van der Waals surface area contributed by atoms with Gasteiger partial charge in [-0.1, -0.05) is 0 Å². The second-order valence-electron chi connectivity index (χ2n) is 4.59. The van der Waals surface area contributed by atoms with Crippen LogP contribution in [0.5, 0.6) is 5.75 Å². The van der Waals surface area contributed by atoms with Crippen LogP contribution in [0.2, 0.25) is 0 Å². The van der Waals surface area contributed by atoms with Crippen molar-refractivity contribution in [1.29, 1.82) is 0 Å². The van der Waals surface area contributed by atoms with E-state index in [0.29, 0.717) is 5.76 Å². The molecular weight excluding hydrogens is 310 g/mol. The summed E-state index contributed by atoms with van der Waals surface area (Å²) >= 11 is 0. The molecule has 1 unspecified atom stereocenters. The number of furan rings is 1. The molecule has 2 aromatic rings. The third kappa shape index (κ3) is 4.19. The SMILES string of the molecule is COCC(NC(=O)Nc1cc(F)c(OC)c(F)c1)c1ccco1. The van der Waals surface area contributed by atoms with Crippen LogP contribution in [0.3, 0.4) is 0 Å². The van der Waals surface area contributed by atoms with Crippen LogP contribution in [0.15, 0.2) is 34.9 Å². The maximum atomic E-state index is 13.6. The van der Waals surface area contributed by atoms with Crippen LogP contribution < -0.4 is 15.4 Å². The maximum absolute atomic E-state index is 13.6. The lowest BCUT2D eigenvalue weighted by Crippen LogP contribution is -2.34. The van der Waals surface area contributed by atoms with Gasteiger partial charge in [0.25, 0.3) is 0 Å². The van der Waals surface area contributed by atoms with Crippen molar-refractivity contribution in [3.63, 3.8) is 0 Å². The Morgan fingerprint density at radius 3 is 2.52 bits per heavy atom. The van der Waals surface area contributed by atoms with E-state index in [9.17, 15) is 13.6 Å². The number of rotatable bonds is 6. The molecule has 2 N–H and O–H groups in total. The topological polar surface area (TPSA) is 72.7 Å². The van der Waals surface area contributed by atoms with Crippen molar-refractivity contribution >= 4 is 11.7 Å². The van der Waals surface area contributed by atoms with Crippen LogP contribution in [-0.2, 0) is 4.74 Å². The number of anilines is 1. The summed E-state index contributed by atoms with van der Waals surface area (Å²) in [5.74, 6) is -1.84. The zero-order valence-corrected chi connectivity index (χ0v) is 12.6. The number of hydrogen-bond acceptors (Lipinski definition) is 4. The van der Waals surface area contributed by atoms with Gasteiger partial charge in [0.15, 0.2) is 17.4 Å². The quantitative estimate of drug-likeness (QED) is 0.856. The molecule has 1 aromatic heterocycles. The molecule has 0 saturated heterocycles. The second-order valence-corrected chi connectivity index (χ2v) is 4.59. The molecule has 1 aromatic carbocycles. The largest absolute Gasteiger partial charge is 0.491 e. The van der Waals surface area contributed by atoms with Gasteiger partial charge in [-0.25, -0.2) is 13.6 Å².